The van der Waals surface area contributed by atoms with Crippen molar-refractivity contribution < 1.29 is 19.2 Å². The number of amides is 4. The number of nitrogens with one attached hydrogen (secondary N) is 2. The summed E-state index contributed by atoms with van der Waals surface area (Å²) in [6, 6.07) is -1.51. The maximum absolute atomic E-state index is 14.7. The molecule has 0 spiro atoms. The van der Waals surface area contributed by atoms with Crippen LogP contribution in [-0.4, -0.2) is 139 Å². The molecule has 5 aliphatic heterocycles. The average Bonchev–Trinajstić information content (AvgIpc) is 3.89. The van der Waals surface area contributed by atoms with Crippen LogP contribution in [0, 0.1) is 35.5 Å². The van der Waals surface area contributed by atoms with Crippen molar-refractivity contribution in [2.75, 3.05) is 52.4 Å². The van der Waals surface area contributed by atoms with Gasteiger partial charge in [0.25, 0.3) is 0 Å². The molecule has 0 radical (unpaired) electrons. The van der Waals surface area contributed by atoms with Gasteiger partial charge in [-0.1, -0.05) is 61.3 Å². The topological polar surface area (TPSA) is 141 Å². The Bertz CT molecular complexity index is 1940. The molecule has 7 rings (SSSR count). The summed E-state index contributed by atoms with van der Waals surface area (Å²) in [5.41, 5.74) is 2.62. The van der Waals surface area contributed by atoms with E-state index >= 15 is 0 Å². The molecule has 2 N–H and O–H groups in total. The summed E-state index contributed by atoms with van der Waals surface area (Å²) < 4.78 is 4.66. The minimum absolute atomic E-state index is 0.0493. The summed E-state index contributed by atoms with van der Waals surface area (Å²) in [5.74, 6) is 4.80. The number of imidazole rings is 2. The zero-order valence-electron chi connectivity index (χ0n) is 42.8. The SMILES string of the molecule is CCc1cnc(CC2CCN(C(=O)[C@H](CC(C)C)N3CCN[C@@H](CC(C)CCC(C)C[C@@H](C(=O)N4CCC(Cc5ncc6n5CCCC6)CC4)N4CCN[C@@H](CC(C)C)C4=O)C3=O)CC2)n1C. The average molecular weight is 929 g/mol. The molecule has 14 nitrogen and oxygen atoms in total. The number of carbonyl (C=O) groups excluding carboxylic acids is 4. The molecule has 5 aliphatic rings. The minimum Gasteiger partial charge on any atom is -0.341 e. The van der Waals surface area contributed by atoms with Crippen molar-refractivity contribution in [2.45, 2.75) is 182 Å². The molecule has 0 saturated carbocycles. The summed E-state index contributed by atoms with van der Waals surface area (Å²) in [6.07, 6.45) is 18.9. The van der Waals surface area contributed by atoms with Crippen LogP contribution in [0.4, 0.5) is 0 Å². The van der Waals surface area contributed by atoms with E-state index in [1.54, 1.807) is 0 Å². The quantitative estimate of drug-likeness (QED) is 0.164. The number of piperazine rings is 2. The van der Waals surface area contributed by atoms with Crippen LogP contribution < -0.4 is 10.6 Å². The van der Waals surface area contributed by atoms with Crippen LogP contribution in [0.5, 0.6) is 0 Å². The lowest BCUT2D eigenvalue weighted by atomic mass is 9.87. The molecule has 67 heavy (non-hydrogen) atoms. The van der Waals surface area contributed by atoms with E-state index in [0.717, 1.165) is 109 Å². The van der Waals surface area contributed by atoms with Gasteiger partial charge in [-0.05, 0) is 113 Å². The van der Waals surface area contributed by atoms with Gasteiger partial charge in [-0.15, -0.1) is 0 Å². The highest BCUT2D eigenvalue weighted by Crippen LogP contribution is 2.30. The molecule has 374 valence electrons. The molecular weight excluding hydrogens is 841 g/mol. The van der Waals surface area contributed by atoms with Gasteiger partial charge < -0.3 is 39.4 Å². The zero-order chi connectivity index (χ0) is 47.8. The first-order chi connectivity index (χ1) is 32.2. The Morgan fingerprint density at radius 1 is 0.657 bits per heavy atom. The van der Waals surface area contributed by atoms with Gasteiger partial charge in [0.1, 0.15) is 23.7 Å². The fourth-order valence-corrected chi connectivity index (χ4v) is 12.1. The summed E-state index contributed by atoms with van der Waals surface area (Å²) in [4.78, 5) is 74.9. The van der Waals surface area contributed by atoms with Crippen molar-refractivity contribution in [1.29, 1.82) is 0 Å². The normalized spacial score (nSPS) is 23.3. The number of hydrogen-bond donors (Lipinski definition) is 2. The van der Waals surface area contributed by atoms with E-state index < -0.39 is 12.1 Å². The lowest BCUT2D eigenvalue weighted by molar-refractivity contribution is -0.150. The highest BCUT2D eigenvalue weighted by Gasteiger charge is 2.42. The van der Waals surface area contributed by atoms with Crippen molar-refractivity contribution in [2.24, 2.45) is 42.6 Å². The second-order valence-corrected chi connectivity index (χ2v) is 22.4. The number of aryl methyl sites for hydroxylation is 2. The molecule has 7 heterocycles. The van der Waals surface area contributed by atoms with Crippen molar-refractivity contribution in [3.8, 4) is 0 Å². The van der Waals surface area contributed by atoms with Crippen molar-refractivity contribution >= 4 is 23.6 Å². The second-order valence-electron chi connectivity index (χ2n) is 22.4. The fourth-order valence-electron chi connectivity index (χ4n) is 12.1. The van der Waals surface area contributed by atoms with E-state index in [2.05, 4.69) is 86.4 Å². The largest absolute Gasteiger partial charge is 0.341 e. The molecule has 4 amide bonds. The lowest BCUT2D eigenvalue weighted by Crippen LogP contribution is -2.62. The van der Waals surface area contributed by atoms with Crippen molar-refractivity contribution in [3.05, 3.63) is 35.4 Å². The molecule has 0 bridgehead atoms. The molecule has 2 aromatic heterocycles. The number of fused-ring (bicyclic) bond motifs is 1. The third-order valence-electron chi connectivity index (χ3n) is 16.2. The van der Waals surface area contributed by atoms with Crippen LogP contribution in [0.25, 0.3) is 0 Å². The van der Waals surface area contributed by atoms with Gasteiger partial charge in [-0.25, -0.2) is 9.97 Å². The summed E-state index contributed by atoms with van der Waals surface area (Å²) in [6.45, 7) is 21.7. The van der Waals surface area contributed by atoms with E-state index in [4.69, 9.17) is 9.97 Å². The van der Waals surface area contributed by atoms with Crippen LogP contribution in [-0.2, 0) is 58.5 Å². The Morgan fingerprint density at radius 3 is 1.75 bits per heavy atom. The maximum atomic E-state index is 14.7. The van der Waals surface area contributed by atoms with Gasteiger partial charge in [0.05, 0.1) is 12.1 Å². The molecule has 4 saturated heterocycles. The number of carbonyl (C=O) groups is 4. The van der Waals surface area contributed by atoms with E-state index in [0.29, 0.717) is 63.2 Å². The predicted octanol–water partition coefficient (Wildman–Crippen LogP) is 6.04. The standard InChI is InChI=1S/C53H88N10O4/c1-9-42-34-56-48(58(42)8)32-40-15-22-59(23-16-40)52(66)46(29-37(4)5)62-26-20-55-45(51(62)65)30-38(6)13-14-39(7)31-47(63-27-19-54-44(50(63)64)28-36(2)3)53(67)60-24-17-41(18-25-60)33-49-57-35-43-12-10-11-21-61(43)49/h34-41,44-47,54-55H,9-33H2,1-8H3/t38?,39?,44-,45-,46-,47-/m0/s1. The molecule has 2 aromatic rings. The van der Waals surface area contributed by atoms with Gasteiger partial charge in [-0.2, -0.15) is 0 Å². The molecule has 0 aliphatic carbocycles. The van der Waals surface area contributed by atoms with Crippen LogP contribution in [0.3, 0.4) is 0 Å². The fraction of sp³-hybridized carbons (Fsp3) is 0.811. The number of nitrogens with zero attached hydrogens (tertiary/aromatic N) is 8. The molecular formula is C53H88N10O4. The first-order valence-electron chi connectivity index (χ1n) is 26.9. The smallest absolute Gasteiger partial charge is 0.245 e. The summed E-state index contributed by atoms with van der Waals surface area (Å²) in [5, 5.41) is 6.99. The van der Waals surface area contributed by atoms with Crippen LogP contribution >= 0.6 is 0 Å². The Balaban J connectivity index is 0.927. The summed E-state index contributed by atoms with van der Waals surface area (Å²) >= 11 is 0. The molecule has 14 heteroatoms. The third-order valence-corrected chi connectivity index (χ3v) is 16.2. The van der Waals surface area contributed by atoms with E-state index in [9.17, 15) is 19.2 Å². The van der Waals surface area contributed by atoms with E-state index in [1.807, 2.05) is 20.9 Å². The molecule has 0 aromatic carbocycles. The zero-order valence-corrected chi connectivity index (χ0v) is 42.8. The highest BCUT2D eigenvalue weighted by atomic mass is 16.2. The van der Waals surface area contributed by atoms with E-state index in [-0.39, 0.29) is 53.5 Å². The van der Waals surface area contributed by atoms with Gasteiger partial charge in [0.15, 0.2) is 0 Å². The predicted molar refractivity (Wildman–Crippen MR) is 264 cm³/mol. The third kappa shape index (κ3) is 12.9. The second kappa shape index (κ2) is 23.7. The summed E-state index contributed by atoms with van der Waals surface area (Å²) in [7, 11) is 2.11. The minimum atomic E-state index is -0.475. The van der Waals surface area contributed by atoms with Crippen LogP contribution in [0.15, 0.2) is 12.4 Å². The van der Waals surface area contributed by atoms with Crippen molar-refractivity contribution in [3.63, 3.8) is 0 Å². The van der Waals surface area contributed by atoms with Gasteiger partial charge in [0.2, 0.25) is 23.6 Å². The Labute approximate surface area is 403 Å². The number of likely N-dealkylation sites (tertiary alicyclic amines) is 2. The molecule has 2 unspecified atom stereocenters. The van der Waals surface area contributed by atoms with Crippen LogP contribution in [0.2, 0.25) is 0 Å². The number of piperidine rings is 2. The monoisotopic (exact) mass is 929 g/mol. The molecule has 4 fully saturated rings. The van der Waals surface area contributed by atoms with E-state index in [1.165, 1.54) is 30.1 Å². The highest BCUT2D eigenvalue weighted by molar-refractivity contribution is 5.91. The number of aromatic nitrogens is 4. The van der Waals surface area contributed by atoms with Gasteiger partial charge >= 0.3 is 0 Å². The van der Waals surface area contributed by atoms with Gasteiger partial charge in [0, 0.05) is 103 Å². The first-order valence-corrected chi connectivity index (χ1v) is 26.9. The lowest BCUT2D eigenvalue weighted by Gasteiger charge is -2.42. The number of rotatable bonds is 20. The maximum Gasteiger partial charge on any atom is 0.245 e. The molecule has 6 atom stereocenters. The Hall–Kier alpha value is -3.78. The van der Waals surface area contributed by atoms with Crippen LogP contribution in [0.1, 0.15) is 149 Å². The Morgan fingerprint density at radius 2 is 1.19 bits per heavy atom. The van der Waals surface area contributed by atoms with Crippen molar-refractivity contribution in [1.82, 2.24) is 49.3 Å². The van der Waals surface area contributed by atoms with Gasteiger partial charge in [-0.3, -0.25) is 19.2 Å². The number of hydrogen-bond acceptors (Lipinski definition) is 8. The first kappa shape index (κ1) is 51.1. The Kier molecular flexibility index (Phi) is 18.1.